The van der Waals surface area contributed by atoms with Gasteiger partial charge in [-0.15, -0.1) is 0 Å². The molecule has 114 valence electrons. The summed E-state index contributed by atoms with van der Waals surface area (Å²) in [6.45, 7) is 5.07. The zero-order valence-electron chi connectivity index (χ0n) is 12.6. The van der Waals surface area contributed by atoms with E-state index >= 15 is 0 Å². The first kappa shape index (κ1) is 16.8. The summed E-state index contributed by atoms with van der Waals surface area (Å²) in [6, 6.07) is 3.60. The molecule has 1 rings (SSSR count). The Balaban J connectivity index is 2.62. The minimum Gasteiger partial charge on any atom is -0.360 e. The van der Waals surface area contributed by atoms with Gasteiger partial charge < -0.3 is 4.90 Å². The zero-order chi connectivity index (χ0) is 15.0. The van der Waals surface area contributed by atoms with Crippen LogP contribution in [0.5, 0.6) is 0 Å². The van der Waals surface area contributed by atoms with Crippen molar-refractivity contribution in [1.82, 2.24) is 4.98 Å². The standard InChI is InChI=1S/C14H25N3O2S/c1-4-6-10-17(3)14-9-8-13(12-15-14)16-20(18,19)11-7-5-2/h8-9,12,16H,4-7,10-11H2,1-3H3. The zero-order valence-corrected chi connectivity index (χ0v) is 13.4. The van der Waals surface area contributed by atoms with Crippen molar-refractivity contribution in [3.05, 3.63) is 18.3 Å². The maximum Gasteiger partial charge on any atom is 0.232 e. The highest BCUT2D eigenvalue weighted by Gasteiger charge is 2.10. The molecule has 0 unspecified atom stereocenters. The van der Waals surface area contributed by atoms with Crippen LogP contribution >= 0.6 is 0 Å². The first-order valence-corrected chi connectivity index (χ1v) is 8.81. The van der Waals surface area contributed by atoms with Crippen molar-refractivity contribution >= 4 is 21.5 Å². The number of hydrogen-bond donors (Lipinski definition) is 1. The molecule has 0 radical (unpaired) electrons. The summed E-state index contributed by atoms with van der Waals surface area (Å²) in [5.41, 5.74) is 0.522. The summed E-state index contributed by atoms with van der Waals surface area (Å²) in [7, 11) is -1.26. The quantitative estimate of drug-likeness (QED) is 0.761. The van der Waals surface area contributed by atoms with Gasteiger partial charge in [0.25, 0.3) is 0 Å². The van der Waals surface area contributed by atoms with Crippen LogP contribution in [-0.4, -0.2) is 32.7 Å². The summed E-state index contributed by atoms with van der Waals surface area (Å²) in [5, 5.41) is 0. The smallest absolute Gasteiger partial charge is 0.232 e. The third kappa shape index (κ3) is 5.77. The fourth-order valence-electron chi connectivity index (χ4n) is 1.75. The molecular weight excluding hydrogens is 274 g/mol. The van der Waals surface area contributed by atoms with Crippen LogP contribution in [0, 0.1) is 0 Å². The van der Waals surface area contributed by atoms with Crippen molar-refractivity contribution in [2.45, 2.75) is 39.5 Å². The summed E-state index contributed by atoms with van der Waals surface area (Å²) >= 11 is 0. The van der Waals surface area contributed by atoms with Crippen molar-refractivity contribution in [3.8, 4) is 0 Å². The van der Waals surface area contributed by atoms with Crippen molar-refractivity contribution < 1.29 is 8.42 Å². The van der Waals surface area contributed by atoms with E-state index in [2.05, 4.69) is 21.5 Å². The molecule has 6 heteroatoms. The molecule has 1 aromatic heterocycles. The second-order valence-electron chi connectivity index (χ2n) is 4.95. The van der Waals surface area contributed by atoms with E-state index in [0.29, 0.717) is 12.1 Å². The molecule has 0 fully saturated rings. The molecule has 0 atom stereocenters. The minimum atomic E-state index is -3.25. The molecule has 0 aliphatic rings. The molecule has 1 N–H and O–H groups in total. The summed E-state index contributed by atoms with van der Waals surface area (Å²) < 4.78 is 26.1. The van der Waals surface area contributed by atoms with Crippen LogP contribution in [0.1, 0.15) is 39.5 Å². The normalized spacial score (nSPS) is 11.3. The summed E-state index contributed by atoms with van der Waals surface area (Å²) in [6.07, 6.45) is 5.35. The highest BCUT2D eigenvalue weighted by Crippen LogP contribution is 2.15. The van der Waals surface area contributed by atoms with Crippen molar-refractivity contribution in [3.63, 3.8) is 0 Å². The molecule has 0 aromatic carbocycles. The number of unbranched alkanes of at least 4 members (excludes halogenated alkanes) is 2. The first-order chi connectivity index (χ1) is 9.48. The molecule has 0 bridgehead atoms. The Morgan fingerprint density at radius 1 is 1.20 bits per heavy atom. The topological polar surface area (TPSA) is 62.3 Å². The van der Waals surface area contributed by atoms with Crippen LogP contribution < -0.4 is 9.62 Å². The van der Waals surface area contributed by atoms with Crippen LogP contribution in [0.3, 0.4) is 0 Å². The molecule has 0 amide bonds. The van der Waals surface area contributed by atoms with Gasteiger partial charge in [-0.2, -0.15) is 0 Å². The second-order valence-corrected chi connectivity index (χ2v) is 6.80. The van der Waals surface area contributed by atoms with E-state index in [4.69, 9.17) is 0 Å². The van der Waals surface area contributed by atoms with Gasteiger partial charge in [-0.25, -0.2) is 13.4 Å². The van der Waals surface area contributed by atoms with Crippen LogP contribution in [0.25, 0.3) is 0 Å². The lowest BCUT2D eigenvalue weighted by molar-refractivity contribution is 0.598. The number of nitrogens with one attached hydrogen (secondary N) is 1. The van der Waals surface area contributed by atoms with E-state index < -0.39 is 10.0 Å². The second kappa shape index (κ2) is 8.09. The predicted octanol–water partition coefficient (Wildman–Crippen LogP) is 2.86. The molecule has 0 spiro atoms. The van der Waals surface area contributed by atoms with E-state index in [9.17, 15) is 8.42 Å². The Kier molecular flexibility index (Phi) is 6.78. The number of sulfonamides is 1. The van der Waals surface area contributed by atoms with Gasteiger partial charge >= 0.3 is 0 Å². The van der Waals surface area contributed by atoms with Crippen LogP contribution in [-0.2, 0) is 10.0 Å². The lowest BCUT2D eigenvalue weighted by atomic mass is 10.3. The van der Waals surface area contributed by atoms with Gasteiger partial charge in [0.2, 0.25) is 10.0 Å². The molecular formula is C14H25N3O2S. The number of hydrogen-bond acceptors (Lipinski definition) is 4. The maximum atomic E-state index is 11.8. The minimum absolute atomic E-state index is 0.154. The van der Waals surface area contributed by atoms with E-state index in [1.165, 1.54) is 0 Å². The van der Waals surface area contributed by atoms with Crippen molar-refractivity contribution in [2.75, 3.05) is 29.0 Å². The Bertz CT molecular complexity index is 486. The van der Waals surface area contributed by atoms with Crippen LogP contribution in [0.4, 0.5) is 11.5 Å². The molecule has 0 saturated carbocycles. The van der Waals surface area contributed by atoms with Gasteiger partial charge in [0.1, 0.15) is 5.82 Å². The number of nitrogens with zero attached hydrogens (tertiary/aromatic N) is 2. The number of rotatable bonds is 9. The maximum absolute atomic E-state index is 11.8. The molecule has 1 aromatic rings. The van der Waals surface area contributed by atoms with E-state index in [0.717, 1.165) is 31.6 Å². The largest absolute Gasteiger partial charge is 0.360 e. The first-order valence-electron chi connectivity index (χ1n) is 7.16. The summed E-state index contributed by atoms with van der Waals surface area (Å²) in [4.78, 5) is 6.36. The number of aromatic nitrogens is 1. The Hall–Kier alpha value is -1.30. The lowest BCUT2D eigenvalue weighted by Gasteiger charge is -2.18. The third-order valence-electron chi connectivity index (χ3n) is 3.03. The fraction of sp³-hybridized carbons (Fsp3) is 0.643. The van der Waals surface area contributed by atoms with Crippen LogP contribution in [0.2, 0.25) is 0 Å². The van der Waals surface area contributed by atoms with Gasteiger partial charge in [-0.05, 0) is 25.0 Å². The van der Waals surface area contributed by atoms with Crippen molar-refractivity contribution in [2.24, 2.45) is 0 Å². The number of anilines is 2. The SMILES string of the molecule is CCCCN(C)c1ccc(NS(=O)(=O)CCCC)cn1. The average Bonchev–Trinajstić information content (AvgIpc) is 2.43. The summed E-state index contributed by atoms with van der Waals surface area (Å²) in [5.74, 6) is 1.01. The highest BCUT2D eigenvalue weighted by atomic mass is 32.2. The Morgan fingerprint density at radius 3 is 2.45 bits per heavy atom. The average molecular weight is 299 g/mol. The lowest BCUT2D eigenvalue weighted by Crippen LogP contribution is -2.20. The molecule has 0 aliphatic carbocycles. The van der Waals surface area contributed by atoms with Gasteiger partial charge in [-0.3, -0.25) is 4.72 Å². The number of pyridine rings is 1. The molecule has 0 saturated heterocycles. The van der Waals surface area contributed by atoms with E-state index in [1.54, 1.807) is 12.3 Å². The van der Waals surface area contributed by atoms with Crippen LogP contribution in [0.15, 0.2) is 18.3 Å². The predicted molar refractivity (Wildman–Crippen MR) is 84.7 cm³/mol. The highest BCUT2D eigenvalue weighted by molar-refractivity contribution is 7.92. The van der Waals surface area contributed by atoms with Gasteiger partial charge in [0.15, 0.2) is 0 Å². The molecule has 1 heterocycles. The molecule has 5 nitrogen and oxygen atoms in total. The fourth-order valence-corrected chi connectivity index (χ4v) is 3.00. The Morgan fingerprint density at radius 2 is 1.90 bits per heavy atom. The molecule has 0 aliphatic heterocycles. The van der Waals surface area contributed by atoms with Crippen molar-refractivity contribution in [1.29, 1.82) is 0 Å². The third-order valence-corrected chi connectivity index (χ3v) is 4.40. The van der Waals surface area contributed by atoms with E-state index in [-0.39, 0.29) is 5.75 Å². The Labute approximate surface area is 122 Å². The van der Waals surface area contributed by atoms with Gasteiger partial charge in [0, 0.05) is 13.6 Å². The van der Waals surface area contributed by atoms with Gasteiger partial charge in [0.05, 0.1) is 17.6 Å². The molecule has 20 heavy (non-hydrogen) atoms. The van der Waals surface area contributed by atoms with Gasteiger partial charge in [-0.1, -0.05) is 26.7 Å². The monoisotopic (exact) mass is 299 g/mol. The van der Waals surface area contributed by atoms with E-state index in [1.807, 2.05) is 20.0 Å².